The first-order valence-corrected chi connectivity index (χ1v) is 10.5. The van der Waals surface area contributed by atoms with Gasteiger partial charge in [0.2, 0.25) is 0 Å². The molecule has 1 aromatic carbocycles. The Bertz CT molecular complexity index is 902. The number of hydrogen-bond acceptors (Lipinski definition) is 5. The molecular weight excluding hydrogens is 406 g/mol. The number of nitrogens with zero attached hydrogens (tertiary/aromatic N) is 3. The van der Waals surface area contributed by atoms with Crippen LogP contribution in [0.1, 0.15) is 50.6 Å². The van der Waals surface area contributed by atoms with E-state index in [1.54, 1.807) is 43.7 Å². The van der Waals surface area contributed by atoms with Gasteiger partial charge in [-0.25, -0.2) is 0 Å². The summed E-state index contributed by atoms with van der Waals surface area (Å²) in [6, 6.07) is 8.86. The van der Waals surface area contributed by atoms with Gasteiger partial charge in [0.25, 0.3) is 5.91 Å². The molecule has 30 heavy (non-hydrogen) atoms. The molecule has 0 saturated heterocycles. The average Bonchev–Trinajstić information content (AvgIpc) is 3.10. The number of halogens is 1. The smallest absolute Gasteiger partial charge is 0.326 e. The van der Waals surface area contributed by atoms with E-state index in [-0.39, 0.29) is 18.5 Å². The molecule has 0 aliphatic carbocycles. The second-order valence-corrected chi connectivity index (χ2v) is 8.80. The first kappa shape index (κ1) is 22.3. The molecule has 8 heteroatoms. The van der Waals surface area contributed by atoms with E-state index in [2.05, 4.69) is 5.10 Å². The maximum atomic E-state index is 13.1. The molecule has 0 saturated carbocycles. The first-order chi connectivity index (χ1) is 14.2. The van der Waals surface area contributed by atoms with Crippen molar-refractivity contribution in [1.82, 2.24) is 14.7 Å². The van der Waals surface area contributed by atoms with E-state index >= 15 is 0 Å². The molecule has 1 aliphatic heterocycles. The third kappa shape index (κ3) is 5.40. The Balaban J connectivity index is 1.87. The quantitative estimate of drug-likeness (QED) is 0.488. The number of carbonyl (C=O) groups is 2. The first-order valence-electron chi connectivity index (χ1n) is 10.1. The van der Waals surface area contributed by atoms with Gasteiger partial charge in [0.1, 0.15) is 17.8 Å². The Morgan fingerprint density at radius 1 is 1.27 bits per heavy atom. The molecule has 1 atom stereocenters. The Morgan fingerprint density at radius 2 is 1.97 bits per heavy atom. The lowest BCUT2D eigenvalue weighted by atomic mass is 10.1. The maximum absolute atomic E-state index is 13.1. The molecule has 1 aromatic heterocycles. The van der Waals surface area contributed by atoms with Crippen molar-refractivity contribution in [3.63, 3.8) is 0 Å². The van der Waals surface area contributed by atoms with Crippen molar-refractivity contribution >= 4 is 23.5 Å². The summed E-state index contributed by atoms with van der Waals surface area (Å²) in [5.41, 5.74) is 1.36. The third-order valence-corrected chi connectivity index (χ3v) is 4.81. The van der Waals surface area contributed by atoms with Crippen molar-refractivity contribution in [2.75, 3.05) is 26.3 Å². The van der Waals surface area contributed by atoms with E-state index in [9.17, 15) is 9.59 Å². The van der Waals surface area contributed by atoms with E-state index < -0.39 is 11.6 Å². The van der Waals surface area contributed by atoms with Crippen LogP contribution in [0, 0.1) is 0 Å². The van der Waals surface area contributed by atoms with Crippen LogP contribution in [0.2, 0.25) is 5.02 Å². The van der Waals surface area contributed by atoms with E-state index in [1.165, 1.54) is 4.90 Å². The number of rotatable bonds is 7. The lowest BCUT2D eigenvalue weighted by molar-refractivity contribution is -0.155. The van der Waals surface area contributed by atoms with Crippen molar-refractivity contribution in [2.45, 2.75) is 45.8 Å². The lowest BCUT2D eigenvalue weighted by Gasteiger charge is -2.33. The third-order valence-electron chi connectivity index (χ3n) is 4.56. The van der Waals surface area contributed by atoms with E-state index in [4.69, 9.17) is 21.1 Å². The monoisotopic (exact) mass is 433 g/mol. The second-order valence-electron chi connectivity index (χ2n) is 8.37. The van der Waals surface area contributed by atoms with Gasteiger partial charge in [0.05, 0.1) is 18.3 Å². The molecule has 7 nitrogen and oxygen atoms in total. The number of benzene rings is 1. The summed E-state index contributed by atoms with van der Waals surface area (Å²) >= 11 is 5.98. The summed E-state index contributed by atoms with van der Waals surface area (Å²) in [5.74, 6) is -0.685. The molecule has 1 aliphatic rings. The van der Waals surface area contributed by atoms with Gasteiger partial charge >= 0.3 is 5.97 Å². The molecule has 0 N–H and O–H groups in total. The maximum Gasteiger partial charge on any atom is 0.326 e. The molecule has 2 heterocycles. The van der Waals surface area contributed by atoms with E-state index in [1.807, 2.05) is 19.1 Å². The highest BCUT2D eigenvalue weighted by Gasteiger charge is 2.35. The van der Waals surface area contributed by atoms with Crippen molar-refractivity contribution in [1.29, 1.82) is 0 Å². The molecule has 0 bridgehead atoms. The second kappa shape index (κ2) is 9.18. The minimum absolute atomic E-state index is 0.109. The standard InChI is InChI=1S/C22H28ClN3O4/c1-5-10-29-14-17-12-25(13-20(27)30-22(2,3)4)21(28)19-11-18(24-26(17)19)15-6-8-16(23)9-7-15/h6-9,11,17H,5,10,12-14H2,1-4H3. The summed E-state index contributed by atoms with van der Waals surface area (Å²) in [5, 5.41) is 5.30. The molecule has 1 unspecified atom stereocenters. The summed E-state index contributed by atoms with van der Waals surface area (Å²) in [4.78, 5) is 26.9. The highest BCUT2D eigenvalue weighted by atomic mass is 35.5. The Morgan fingerprint density at radius 3 is 2.60 bits per heavy atom. The number of hydrogen-bond donors (Lipinski definition) is 0. The van der Waals surface area contributed by atoms with Gasteiger partial charge < -0.3 is 14.4 Å². The van der Waals surface area contributed by atoms with Crippen LogP contribution in [0.4, 0.5) is 0 Å². The fourth-order valence-electron chi connectivity index (χ4n) is 3.32. The number of amides is 1. The zero-order chi connectivity index (χ0) is 21.9. The number of ether oxygens (including phenoxy) is 2. The van der Waals surface area contributed by atoms with E-state index in [0.29, 0.717) is 36.2 Å². The summed E-state index contributed by atoms with van der Waals surface area (Å²) in [7, 11) is 0. The van der Waals surface area contributed by atoms with Crippen LogP contribution in [0.3, 0.4) is 0 Å². The number of aromatic nitrogens is 2. The van der Waals surface area contributed by atoms with Gasteiger partial charge in [0.15, 0.2) is 0 Å². The van der Waals surface area contributed by atoms with Gasteiger partial charge in [-0.2, -0.15) is 5.10 Å². The largest absolute Gasteiger partial charge is 0.459 e. The fraction of sp³-hybridized carbons (Fsp3) is 0.500. The zero-order valence-electron chi connectivity index (χ0n) is 17.9. The van der Waals surface area contributed by atoms with Crippen LogP contribution in [-0.4, -0.2) is 58.5 Å². The summed E-state index contributed by atoms with van der Waals surface area (Å²) in [6.45, 7) is 8.70. The van der Waals surface area contributed by atoms with Gasteiger partial charge in [0, 0.05) is 23.7 Å². The number of fused-ring (bicyclic) bond motifs is 1. The normalized spacial score (nSPS) is 16.5. The van der Waals surface area contributed by atoms with Crippen molar-refractivity contribution in [2.24, 2.45) is 0 Å². The molecule has 3 rings (SSSR count). The zero-order valence-corrected chi connectivity index (χ0v) is 18.6. The van der Waals surface area contributed by atoms with Crippen LogP contribution >= 0.6 is 11.6 Å². The minimum atomic E-state index is -0.608. The summed E-state index contributed by atoms with van der Waals surface area (Å²) < 4.78 is 12.9. The van der Waals surface area contributed by atoms with Crippen LogP contribution < -0.4 is 0 Å². The van der Waals surface area contributed by atoms with Crippen molar-refractivity contribution in [3.8, 4) is 11.3 Å². The lowest BCUT2D eigenvalue weighted by Crippen LogP contribution is -2.47. The highest BCUT2D eigenvalue weighted by molar-refractivity contribution is 6.30. The van der Waals surface area contributed by atoms with E-state index in [0.717, 1.165) is 12.0 Å². The molecule has 0 radical (unpaired) electrons. The molecule has 162 valence electrons. The highest BCUT2D eigenvalue weighted by Crippen LogP contribution is 2.28. The number of carbonyl (C=O) groups excluding carboxylic acids is 2. The SMILES string of the molecule is CCCOCC1CN(CC(=O)OC(C)(C)C)C(=O)c2cc(-c3ccc(Cl)cc3)nn21. The van der Waals surface area contributed by atoms with Crippen LogP contribution in [0.25, 0.3) is 11.3 Å². The molecular formula is C22H28ClN3O4. The molecule has 1 amide bonds. The Hall–Kier alpha value is -2.38. The fourth-order valence-corrected chi connectivity index (χ4v) is 3.45. The van der Waals surface area contributed by atoms with Gasteiger partial charge in [-0.1, -0.05) is 30.7 Å². The molecule has 2 aromatic rings. The average molecular weight is 434 g/mol. The minimum Gasteiger partial charge on any atom is -0.459 e. The predicted octanol–water partition coefficient (Wildman–Crippen LogP) is 3.97. The van der Waals surface area contributed by atoms with Crippen molar-refractivity contribution in [3.05, 3.63) is 41.0 Å². The Labute approximate surface area is 181 Å². The number of esters is 1. The van der Waals surface area contributed by atoms with Crippen LogP contribution in [0.15, 0.2) is 30.3 Å². The van der Waals surface area contributed by atoms with Gasteiger partial charge in [-0.15, -0.1) is 0 Å². The van der Waals surface area contributed by atoms with Crippen LogP contribution in [-0.2, 0) is 14.3 Å². The van der Waals surface area contributed by atoms with Crippen LogP contribution in [0.5, 0.6) is 0 Å². The Kier molecular flexibility index (Phi) is 6.83. The topological polar surface area (TPSA) is 73.7 Å². The summed E-state index contributed by atoms with van der Waals surface area (Å²) in [6.07, 6.45) is 0.898. The van der Waals surface area contributed by atoms with Gasteiger partial charge in [-0.3, -0.25) is 14.3 Å². The molecule has 0 fully saturated rings. The van der Waals surface area contributed by atoms with Crippen molar-refractivity contribution < 1.29 is 19.1 Å². The predicted molar refractivity (Wildman–Crippen MR) is 115 cm³/mol. The van der Waals surface area contributed by atoms with Gasteiger partial charge in [-0.05, 0) is 45.4 Å². The molecule has 0 spiro atoms.